The number of carbonyl (C=O) groups is 1. The van der Waals surface area contributed by atoms with Crippen LogP contribution in [0.4, 0.5) is 18.9 Å². The largest absolute Gasteiger partial charge is 0.487 e. The summed E-state index contributed by atoms with van der Waals surface area (Å²) < 4.78 is 46.1. The number of halogens is 5. The number of amides is 1. The van der Waals surface area contributed by atoms with Gasteiger partial charge in [-0.05, 0) is 73.8 Å². The van der Waals surface area contributed by atoms with E-state index in [0.717, 1.165) is 28.8 Å². The molecule has 0 saturated carbocycles. The topological polar surface area (TPSA) is 29.5 Å². The van der Waals surface area contributed by atoms with Gasteiger partial charge in [-0.2, -0.15) is 13.2 Å². The third-order valence-corrected chi connectivity index (χ3v) is 6.37. The Morgan fingerprint density at radius 3 is 2.47 bits per heavy atom. The number of ether oxygens (including phenoxy) is 1. The fourth-order valence-electron chi connectivity index (χ4n) is 2.61. The molecule has 0 aliphatic carbocycles. The van der Waals surface area contributed by atoms with Crippen LogP contribution in [0, 0.1) is 0 Å². The zero-order valence-corrected chi connectivity index (χ0v) is 19.8. The van der Waals surface area contributed by atoms with E-state index < -0.39 is 17.6 Å². The van der Waals surface area contributed by atoms with Crippen molar-refractivity contribution < 1.29 is 22.7 Å². The molecule has 30 heavy (non-hydrogen) atoms. The average molecular weight is 579 g/mol. The highest BCUT2D eigenvalue weighted by atomic mass is 79.9. The Bertz CT molecular complexity index is 1050. The number of hydrogen-bond donors (Lipinski definition) is 0. The van der Waals surface area contributed by atoms with Crippen LogP contribution in [0.25, 0.3) is 6.08 Å². The van der Waals surface area contributed by atoms with Crippen LogP contribution in [0.1, 0.15) is 11.1 Å². The number of hydrogen-bond acceptors (Lipinski definition) is 4. The van der Waals surface area contributed by atoms with Crippen molar-refractivity contribution in [2.75, 3.05) is 11.5 Å². The molecular weight excluding hydrogens is 567 g/mol. The fraction of sp³-hybridized carbons (Fsp3) is 0.100. The highest BCUT2D eigenvalue weighted by Gasteiger charge is 2.36. The average Bonchev–Trinajstić information content (AvgIpc) is 2.94. The van der Waals surface area contributed by atoms with Crippen LogP contribution in [0.3, 0.4) is 0 Å². The molecule has 3 rings (SSSR count). The minimum absolute atomic E-state index is 0.0752. The van der Waals surface area contributed by atoms with E-state index >= 15 is 0 Å². The number of nitrogens with zero attached hydrogens (tertiary/aromatic N) is 1. The number of benzene rings is 2. The Hall–Kier alpha value is -1.62. The molecule has 10 heteroatoms. The molecule has 1 heterocycles. The molecule has 1 aliphatic rings. The van der Waals surface area contributed by atoms with Crippen molar-refractivity contribution in [2.45, 2.75) is 6.18 Å². The van der Waals surface area contributed by atoms with Crippen molar-refractivity contribution in [3.05, 3.63) is 74.0 Å². The lowest BCUT2D eigenvalue weighted by molar-refractivity contribution is -0.137. The van der Waals surface area contributed by atoms with Gasteiger partial charge < -0.3 is 4.74 Å². The monoisotopic (exact) mass is 577 g/mol. The van der Waals surface area contributed by atoms with E-state index in [-0.39, 0.29) is 10.0 Å². The molecule has 3 nitrogen and oxygen atoms in total. The Morgan fingerprint density at radius 2 is 1.87 bits per heavy atom. The lowest BCUT2D eigenvalue weighted by Crippen LogP contribution is -2.27. The Morgan fingerprint density at radius 1 is 1.20 bits per heavy atom. The van der Waals surface area contributed by atoms with E-state index in [1.54, 1.807) is 24.3 Å². The van der Waals surface area contributed by atoms with Gasteiger partial charge in [0.25, 0.3) is 5.91 Å². The maximum absolute atomic E-state index is 13.0. The van der Waals surface area contributed by atoms with E-state index in [9.17, 15) is 18.0 Å². The predicted octanol–water partition coefficient (Wildman–Crippen LogP) is 7.20. The lowest BCUT2D eigenvalue weighted by Gasteiger charge is -2.16. The van der Waals surface area contributed by atoms with Crippen LogP contribution in [0.2, 0.25) is 0 Å². The molecule has 0 N–H and O–H groups in total. The molecule has 2 aromatic rings. The molecule has 0 radical (unpaired) electrons. The molecule has 0 unspecified atom stereocenters. The molecular formula is C20H12Br2F3NO2S2. The van der Waals surface area contributed by atoms with Gasteiger partial charge in [0.05, 0.1) is 25.1 Å². The summed E-state index contributed by atoms with van der Waals surface area (Å²) in [5.41, 5.74) is -0.0866. The summed E-state index contributed by atoms with van der Waals surface area (Å²) in [6, 6.07) is 8.05. The molecule has 0 atom stereocenters. The van der Waals surface area contributed by atoms with Crippen LogP contribution in [-0.2, 0) is 11.0 Å². The summed E-state index contributed by atoms with van der Waals surface area (Å²) in [6.07, 6.45) is -1.27. The van der Waals surface area contributed by atoms with E-state index in [4.69, 9.17) is 17.0 Å². The molecule has 1 saturated heterocycles. The third-order valence-electron chi connectivity index (χ3n) is 3.89. The minimum atomic E-state index is -4.51. The van der Waals surface area contributed by atoms with Crippen molar-refractivity contribution in [2.24, 2.45) is 0 Å². The lowest BCUT2D eigenvalue weighted by atomic mass is 10.1. The molecule has 156 valence electrons. The first-order valence-corrected chi connectivity index (χ1v) is 11.1. The number of thiocarbonyl (C=S) groups is 1. The summed E-state index contributed by atoms with van der Waals surface area (Å²) in [5.74, 6) is 0.104. The summed E-state index contributed by atoms with van der Waals surface area (Å²) in [7, 11) is 0. The first-order valence-electron chi connectivity index (χ1n) is 8.29. The second kappa shape index (κ2) is 9.25. The number of anilines is 1. The first-order chi connectivity index (χ1) is 14.1. The Balaban J connectivity index is 1.92. The summed E-state index contributed by atoms with van der Waals surface area (Å²) in [5, 5.41) is 0. The van der Waals surface area contributed by atoms with Gasteiger partial charge in [-0.1, -0.05) is 42.7 Å². The smallest absolute Gasteiger partial charge is 0.416 e. The third kappa shape index (κ3) is 4.99. The summed E-state index contributed by atoms with van der Waals surface area (Å²) in [6.45, 7) is 3.93. The predicted molar refractivity (Wildman–Crippen MR) is 125 cm³/mol. The molecule has 1 fully saturated rings. The van der Waals surface area contributed by atoms with Crippen LogP contribution < -0.4 is 9.64 Å². The van der Waals surface area contributed by atoms with Gasteiger partial charge in [-0.15, -0.1) is 0 Å². The van der Waals surface area contributed by atoms with E-state index in [1.807, 2.05) is 0 Å². The number of thioether (sulfide) groups is 1. The van der Waals surface area contributed by atoms with Gasteiger partial charge in [0.1, 0.15) is 12.4 Å². The van der Waals surface area contributed by atoms with E-state index in [0.29, 0.717) is 31.8 Å². The standard InChI is InChI=1S/C20H12Br2F3NO2S2/c1-2-6-28-17-14(21)7-11(8-15(17)22)9-16-18(27)26(19(29)30-16)13-5-3-4-12(10-13)20(23,24)25/h2-5,7-10H,1,6H2. The molecule has 0 aromatic heterocycles. The minimum Gasteiger partial charge on any atom is -0.487 e. The van der Waals surface area contributed by atoms with Crippen LogP contribution in [-0.4, -0.2) is 16.8 Å². The van der Waals surface area contributed by atoms with Crippen LogP contribution in [0.15, 0.2) is 62.9 Å². The van der Waals surface area contributed by atoms with Crippen molar-refractivity contribution in [1.82, 2.24) is 0 Å². The number of alkyl halides is 3. The summed E-state index contributed by atoms with van der Waals surface area (Å²) in [4.78, 5) is 14.3. The number of rotatable bonds is 5. The van der Waals surface area contributed by atoms with E-state index in [2.05, 4.69) is 38.4 Å². The van der Waals surface area contributed by atoms with Gasteiger partial charge in [0.2, 0.25) is 0 Å². The zero-order chi connectivity index (χ0) is 22.1. The maximum atomic E-state index is 13.0. The maximum Gasteiger partial charge on any atom is 0.416 e. The fourth-order valence-corrected chi connectivity index (χ4v) is 5.36. The molecule has 1 amide bonds. The second-order valence-electron chi connectivity index (χ2n) is 5.98. The van der Waals surface area contributed by atoms with Gasteiger partial charge >= 0.3 is 6.18 Å². The highest BCUT2D eigenvalue weighted by molar-refractivity contribution is 9.11. The van der Waals surface area contributed by atoms with Gasteiger partial charge in [0, 0.05) is 0 Å². The second-order valence-corrected chi connectivity index (χ2v) is 9.36. The van der Waals surface area contributed by atoms with Gasteiger partial charge in [-0.25, -0.2) is 0 Å². The first kappa shape index (κ1) is 23.1. The van der Waals surface area contributed by atoms with Crippen LogP contribution in [0.5, 0.6) is 5.75 Å². The molecule has 0 spiro atoms. The Labute approximate surface area is 197 Å². The normalized spacial score (nSPS) is 15.8. The van der Waals surface area contributed by atoms with Crippen LogP contribution >= 0.6 is 55.8 Å². The van der Waals surface area contributed by atoms with Gasteiger partial charge in [0.15, 0.2) is 4.32 Å². The molecule has 2 aromatic carbocycles. The molecule has 1 aliphatic heterocycles. The molecule has 0 bridgehead atoms. The van der Waals surface area contributed by atoms with Crippen molar-refractivity contribution in [1.29, 1.82) is 0 Å². The van der Waals surface area contributed by atoms with Crippen molar-refractivity contribution >= 4 is 77.8 Å². The zero-order valence-electron chi connectivity index (χ0n) is 15.0. The van der Waals surface area contributed by atoms with Crippen molar-refractivity contribution in [3.8, 4) is 5.75 Å². The van der Waals surface area contributed by atoms with E-state index in [1.165, 1.54) is 12.1 Å². The SMILES string of the molecule is C=CCOc1c(Br)cc(C=C2SC(=S)N(c3cccc(C(F)(F)F)c3)C2=O)cc1Br. The summed E-state index contributed by atoms with van der Waals surface area (Å²) >= 11 is 13.1. The van der Waals surface area contributed by atoms with Crippen molar-refractivity contribution in [3.63, 3.8) is 0 Å². The Kier molecular flexibility index (Phi) is 7.11. The number of carbonyl (C=O) groups excluding carboxylic acids is 1. The van der Waals surface area contributed by atoms with Gasteiger partial charge in [-0.3, -0.25) is 9.69 Å². The quantitative estimate of drug-likeness (QED) is 0.213. The highest BCUT2D eigenvalue weighted by Crippen LogP contribution is 2.40.